The van der Waals surface area contributed by atoms with Gasteiger partial charge in [0.25, 0.3) is 5.69 Å². The number of nitrogens with zero attached hydrogens (tertiary/aromatic N) is 3. The molecule has 1 saturated carbocycles. The first kappa shape index (κ1) is 25.7. The monoisotopic (exact) mass is 493 g/mol. The van der Waals surface area contributed by atoms with Crippen LogP contribution in [0.15, 0.2) is 17.0 Å². The topological polar surface area (TPSA) is 93.0 Å². The summed E-state index contributed by atoms with van der Waals surface area (Å²) in [7, 11) is -2.50. The number of anilines is 1. The van der Waals surface area contributed by atoms with Crippen LogP contribution in [0.5, 0.6) is 0 Å². The first-order valence-corrected chi connectivity index (χ1v) is 12.4. The van der Waals surface area contributed by atoms with E-state index < -0.39 is 38.8 Å². The zero-order chi connectivity index (χ0) is 24.6. The number of hydrogen-bond acceptors (Lipinski definition) is 6. The molecular weight excluding hydrogens is 463 g/mol. The van der Waals surface area contributed by atoms with Crippen LogP contribution in [0.25, 0.3) is 0 Å². The zero-order valence-electron chi connectivity index (χ0n) is 19.0. The number of alkyl halides is 3. The average molecular weight is 494 g/mol. The van der Waals surface area contributed by atoms with Crippen molar-refractivity contribution in [3.8, 4) is 0 Å². The Balaban J connectivity index is 1.93. The summed E-state index contributed by atoms with van der Waals surface area (Å²) < 4.78 is 72.9. The van der Waals surface area contributed by atoms with E-state index in [0.717, 1.165) is 32.6 Å². The van der Waals surface area contributed by atoms with Crippen LogP contribution in [-0.2, 0) is 14.8 Å². The van der Waals surface area contributed by atoms with Crippen LogP contribution in [0.1, 0.15) is 44.6 Å². The molecule has 1 aromatic carbocycles. The van der Waals surface area contributed by atoms with Gasteiger partial charge in [-0.25, -0.2) is 12.7 Å². The maximum absolute atomic E-state index is 13.4. The lowest BCUT2D eigenvalue weighted by atomic mass is 10.0. The summed E-state index contributed by atoms with van der Waals surface area (Å²) in [6.45, 7) is 2.30. The molecule has 1 saturated heterocycles. The molecule has 1 heterocycles. The molecule has 0 radical (unpaired) electrons. The zero-order valence-corrected chi connectivity index (χ0v) is 19.8. The van der Waals surface area contributed by atoms with Gasteiger partial charge in [-0.05, 0) is 44.7 Å². The molecule has 1 aliphatic heterocycles. The molecule has 1 unspecified atom stereocenters. The van der Waals surface area contributed by atoms with Gasteiger partial charge in [0, 0.05) is 38.7 Å². The fourth-order valence-corrected chi connectivity index (χ4v) is 6.10. The number of rotatable bonds is 6. The van der Waals surface area contributed by atoms with Crippen molar-refractivity contribution >= 4 is 21.4 Å². The molecule has 0 aromatic heterocycles. The third-order valence-electron chi connectivity index (χ3n) is 6.80. The second kappa shape index (κ2) is 9.38. The second-order valence-electron chi connectivity index (χ2n) is 9.06. The molecule has 33 heavy (non-hydrogen) atoms. The first-order valence-electron chi connectivity index (χ1n) is 11.0. The highest BCUT2D eigenvalue weighted by atomic mass is 32.2. The highest BCUT2D eigenvalue weighted by Crippen LogP contribution is 2.41. The Labute approximate surface area is 191 Å². The Hall–Kier alpha value is -1.92. The molecule has 0 N–H and O–H groups in total. The van der Waals surface area contributed by atoms with Crippen molar-refractivity contribution in [1.82, 2.24) is 4.31 Å². The maximum Gasteiger partial charge on any atom is 0.417 e. The maximum atomic E-state index is 13.4. The van der Waals surface area contributed by atoms with Crippen LogP contribution in [0.4, 0.5) is 24.5 Å². The van der Waals surface area contributed by atoms with Crippen molar-refractivity contribution in [2.45, 2.75) is 62.6 Å². The van der Waals surface area contributed by atoms with E-state index in [2.05, 4.69) is 0 Å². The van der Waals surface area contributed by atoms with E-state index in [0.29, 0.717) is 6.54 Å². The molecule has 1 atom stereocenters. The SMILES string of the molecule is Cc1c(S(=O)(=O)N(C)CC2CCCC2)ccc(N2CCOC(C)(C(F)(F)F)CC2)c1[N+](=O)[O-]. The molecule has 0 spiro atoms. The number of sulfonamides is 1. The van der Waals surface area contributed by atoms with Gasteiger partial charge in [0.15, 0.2) is 5.60 Å². The molecule has 0 bridgehead atoms. The lowest BCUT2D eigenvalue weighted by molar-refractivity contribution is -0.384. The van der Waals surface area contributed by atoms with Crippen molar-refractivity contribution in [3.05, 3.63) is 27.8 Å². The molecule has 186 valence electrons. The van der Waals surface area contributed by atoms with Crippen LogP contribution >= 0.6 is 0 Å². The van der Waals surface area contributed by atoms with Gasteiger partial charge in [0.2, 0.25) is 10.0 Å². The fourth-order valence-electron chi connectivity index (χ4n) is 4.63. The highest BCUT2D eigenvalue weighted by molar-refractivity contribution is 7.89. The van der Waals surface area contributed by atoms with E-state index >= 15 is 0 Å². The van der Waals surface area contributed by atoms with Gasteiger partial charge in [-0.2, -0.15) is 13.2 Å². The van der Waals surface area contributed by atoms with Crippen molar-refractivity contribution in [1.29, 1.82) is 0 Å². The summed E-state index contributed by atoms with van der Waals surface area (Å²) in [4.78, 5) is 12.6. The largest absolute Gasteiger partial charge is 0.417 e. The molecule has 2 fully saturated rings. The molecular formula is C21H30F3N3O5S. The molecule has 2 aliphatic rings. The smallest absolute Gasteiger partial charge is 0.364 e. The third kappa shape index (κ3) is 5.12. The fraction of sp³-hybridized carbons (Fsp3) is 0.714. The van der Waals surface area contributed by atoms with Crippen molar-refractivity contribution in [3.63, 3.8) is 0 Å². The van der Waals surface area contributed by atoms with Gasteiger partial charge in [-0.3, -0.25) is 10.1 Å². The summed E-state index contributed by atoms with van der Waals surface area (Å²) in [6.07, 6.45) is -0.962. The lowest BCUT2D eigenvalue weighted by Crippen LogP contribution is -2.45. The van der Waals surface area contributed by atoms with Gasteiger partial charge >= 0.3 is 6.18 Å². The van der Waals surface area contributed by atoms with Crippen LogP contribution in [0.3, 0.4) is 0 Å². The van der Waals surface area contributed by atoms with Crippen LogP contribution in [-0.4, -0.2) is 62.7 Å². The number of benzene rings is 1. The van der Waals surface area contributed by atoms with E-state index in [1.54, 1.807) is 0 Å². The average Bonchev–Trinajstić information content (AvgIpc) is 3.13. The van der Waals surface area contributed by atoms with E-state index in [1.165, 1.54) is 35.3 Å². The molecule has 3 rings (SSSR count). The molecule has 1 aliphatic carbocycles. The summed E-state index contributed by atoms with van der Waals surface area (Å²) in [5.74, 6) is 0.263. The predicted molar refractivity (Wildman–Crippen MR) is 117 cm³/mol. The van der Waals surface area contributed by atoms with Gasteiger partial charge in [0.05, 0.1) is 16.4 Å². The Morgan fingerprint density at radius 2 is 1.91 bits per heavy atom. The van der Waals surface area contributed by atoms with Crippen molar-refractivity contribution in [2.24, 2.45) is 5.92 Å². The quantitative estimate of drug-likeness (QED) is 0.434. The summed E-state index contributed by atoms with van der Waals surface area (Å²) in [5, 5.41) is 11.9. The van der Waals surface area contributed by atoms with Crippen LogP contribution in [0.2, 0.25) is 0 Å². The molecule has 12 heteroatoms. The Kier molecular flexibility index (Phi) is 7.30. The number of nitro groups is 1. The Morgan fingerprint density at radius 3 is 2.48 bits per heavy atom. The van der Waals surface area contributed by atoms with Gasteiger partial charge in [-0.15, -0.1) is 0 Å². The van der Waals surface area contributed by atoms with E-state index in [9.17, 15) is 31.7 Å². The number of halogens is 3. The minimum atomic E-state index is -4.58. The summed E-state index contributed by atoms with van der Waals surface area (Å²) in [5.41, 5.74) is -2.71. The Morgan fingerprint density at radius 1 is 1.27 bits per heavy atom. The lowest BCUT2D eigenvalue weighted by Gasteiger charge is -2.30. The van der Waals surface area contributed by atoms with Crippen molar-refractivity contribution in [2.75, 3.05) is 38.2 Å². The normalized spacial score (nSPS) is 23.2. The molecule has 8 nitrogen and oxygen atoms in total. The minimum Gasteiger partial charge on any atom is -0.364 e. The number of hydrogen-bond donors (Lipinski definition) is 0. The Bertz CT molecular complexity index is 996. The van der Waals surface area contributed by atoms with E-state index in [4.69, 9.17) is 4.74 Å². The summed E-state index contributed by atoms with van der Waals surface area (Å²) in [6, 6.07) is 2.63. The van der Waals surface area contributed by atoms with Crippen LogP contribution in [0, 0.1) is 23.0 Å². The minimum absolute atomic E-state index is 0.0135. The standard InChI is InChI=1S/C21H30F3N3O5S/c1-15-18(33(30,31)25(3)14-16-6-4-5-7-16)9-8-17(19(15)27(28)29)26-11-10-20(2,21(22,23)24)32-13-12-26/h8-9,16H,4-7,10-14H2,1-3H3. The molecule has 0 amide bonds. The van der Waals surface area contributed by atoms with Crippen LogP contribution < -0.4 is 4.90 Å². The first-order chi connectivity index (χ1) is 15.3. The van der Waals surface area contributed by atoms with Gasteiger partial charge < -0.3 is 9.64 Å². The van der Waals surface area contributed by atoms with Gasteiger partial charge in [-0.1, -0.05) is 12.8 Å². The van der Waals surface area contributed by atoms with E-state index in [1.807, 2.05) is 0 Å². The van der Waals surface area contributed by atoms with Gasteiger partial charge in [0.1, 0.15) is 5.69 Å². The highest BCUT2D eigenvalue weighted by Gasteiger charge is 2.53. The third-order valence-corrected chi connectivity index (χ3v) is 8.77. The van der Waals surface area contributed by atoms with E-state index in [-0.39, 0.29) is 41.8 Å². The number of nitro benzene ring substituents is 1. The molecule has 1 aromatic rings. The number of ether oxygens (including phenoxy) is 1. The summed E-state index contributed by atoms with van der Waals surface area (Å²) >= 11 is 0. The predicted octanol–water partition coefficient (Wildman–Crippen LogP) is 4.26. The van der Waals surface area contributed by atoms with Crippen molar-refractivity contribution < 1.29 is 31.2 Å². The second-order valence-corrected chi connectivity index (χ2v) is 11.1.